The van der Waals surface area contributed by atoms with E-state index in [0.717, 1.165) is 16.9 Å². The lowest BCUT2D eigenvalue weighted by atomic mass is 10.2. The zero-order valence-corrected chi connectivity index (χ0v) is 15.7. The van der Waals surface area contributed by atoms with Gasteiger partial charge >= 0.3 is 6.09 Å². The standard InChI is InChI=1S/C18H22ClN3O3/c1-11-8-14(15(24-5)9-13(11)19)21-12-6-7-16(20-10-12)22-17(23)25-18(2,3)4/h6-10,21H,1-5H3,(H,20,22,23). The molecule has 1 amide bonds. The van der Waals surface area contributed by atoms with Crippen molar-refractivity contribution in [2.75, 3.05) is 17.7 Å². The molecule has 0 aliphatic rings. The van der Waals surface area contributed by atoms with Crippen molar-refractivity contribution < 1.29 is 14.3 Å². The van der Waals surface area contributed by atoms with E-state index in [1.807, 2.05) is 13.0 Å². The van der Waals surface area contributed by atoms with E-state index in [2.05, 4.69) is 15.6 Å². The first-order chi connectivity index (χ1) is 11.7. The molecule has 0 fully saturated rings. The monoisotopic (exact) mass is 363 g/mol. The summed E-state index contributed by atoms with van der Waals surface area (Å²) >= 11 is 6.11. The van der Waals surface area contributed by atoms with E-state index in [1.54, 1.807) is 52.3 Å². The third kappa shape index (κ3) is 5.53. The quantitative estimate of drug-likeness (QED) is 0.786. The van der Waals surface area contributed by atoms with Crippen LogP contribution in [0.3, 0.4) is 0 Å². The van der Waals surface area contributed by atoms with Crippen LogP contribution in [0.4, 0.5) is 22.0 Å². The van der Waals surface area contributed by atoms with Gasteiger partial charge < -0.3 is 14.8 Å². The highest BCUT2D eigenvalue weighted by atomic mass is 35.5. The number of methoxy groups -OCH3 is 1. The molecule has 1 heterocycles. The number of carbonyl (C=O) groups excluding carboxylic acids is 1. The van der Waals surface area contributed by atoms with Gasteiger partial charge in [0.1, 0.15) is 17.2 Å². The van der Waals surface area contributed by atoms with E-state index in [4.69, 9.17) is 21.1 Å². The molecule has 0 spiro atoms. The Labute approximate surface area is 152 Å². The van der Waals surface area contributed by atoms with Crippen LogP contribution >= 0.6 is 11.6 Å². The normalized spacial score (nSPS) is 11.0. The number of pyridine rings is 1. The predicted molar refractivity (Wildman–Crippen MR) is 100 cm³/mol. The van der Waals surface area contributed by atoms with Crippen LogP contribution in [-0.2, 0) is 4.74 Å². The Bertz CT molecular complexity index is 755. The number of anilines is 3. The molecule has 0 saturated carbocycles. The van der Waals surface area contributed by atoms with Crippen LogP contribution in [0.1, 0.15) is 26.3 Å². The minimum absolute atomic E-state index is 0.402. The Kier molecular flexibility index (Phi) is 5.74. The number of hydrogen-bond donors (Lipinski definition) is 2. The van der Waals surface area contributed by atoms with Crippen LogP contribution in [-0.4, -0.2) is 23.8 Å². The molecule has 134 valence electrons. The zero-order chi connectivity index (χ0) is 18.6. The summed E-state index contributed by atoms with van der Waals surface area (Å²) in [5.74, 6) is 1.03. The van der Waals surface area contributed by atoms with E-state index < -0.39 is 11.7 Å². The van der Waals surface area contributed by atoms with Crippen LogP contribution in [0.25, 0.3) is 0 Å². The summed E-state index contributed by atoms with van der Waals surface area (Å²) in [5.41, 5.74) is 1.89. The van der Waals surface area contributed by atoms with Crippen LogP contribution in [0.5, 0.6) is 5.75 Å². The molecular formula is C18H22ClN3O3. The molecule has 0 radical (unpaired) electrons. The average Bonchev–Trinajstić information content (AvgIpc) is 2.50. The van der Waals surface area contributed by atoms with Gasteiger partial charge in [0, 0.05) is 11.1 Å². The molecule has 6 nitrogen and oxygen atoms in total. The number of nitrogens with zero attached hydrogens (tertiary/aromatic N) is 1. The summed E-state index contributed by atoms with van der Waals surface area (Å²) in [5, 5.41) is 6.44. The molecule has 0 bridgehead atoms. The van der Waals surface area contributed by atoms with Crippen LogP contribution in [0.15, 0.2) is 30.5 Å². The lowest BCUT2D eigenvalue weighted by Gasteiger charge is -2.19. The molecule has 25 heavy (non-hydrogen) atoms. The van der Waals surface area contributed by atoms with Crippen molar-refractivity contribution in [2.45, 2.75) is 33.3 Å². The maximum absolute atomic E-state index is 11.7. The smallest absolute Gasteiger partial charge is 0.413 e. The minimum Gasteiger partial charge on any atom is -0.495 e. The third-order valence-corrected chi connectivity index (χ3v) is 3.56. The average molecular weight is 364 g/mol. The highest BCUT2D eigenvalue weighted by Gasteiger charge is 2.16. The predicted octanol–water partition coefficient (Wildman–Crippen LogP) is 5.14. The summed E-state index contributed by atoms with van der Waals surface area (Å²) in [6.45, 7) is 7.32. The number of carbonyl (C=O) groups is 1. The van der Waals surface area contributed by atoms with Crippen molar-refractivity contribution in [1.82, 2.24) is 4.98 Å². The van der Waals surface area contributed by atoms with Crippen molar-refractivity contribution in [3.63, 3.8) is 0 Å². The SMILES string of the molecule is COc1cc(Cl)c(C)cc1Nc1ccc(NC(=O)OC(C)(C)C)nc1. The van der Waals surface area contributed by atoms with Gasteiger partial charge in [-0.05, 0) is 51.5 Å². The summed E-state index contributed by atoms with van der Waals surface area (Å²) in [7, 11) is 1.58. The number of nitrogens with one attached hydrogen (secondary N) is 2. The highest BCUT2D eigenvalue weighted by Crippen LogP contribution is 2.33. The van der Waals surface area contributed by atoms with Crippen LogP contribution in [0, 0.1) is 6.92 Å². The van der Waals surface area contributed by atoms with E-state index in [1.165, 1.54) is 0 Å². The van der Waals surface area contributed by atoms with E-state index in [-0.39, 0.29) is 0 Å². The maximum atomic E-state index is 11.7. The van der Waals surface area contributed by atoms with Crippen LogP contribution < -0.4 is 15.4 Å². The van der Waals surface area contributed by atoms with Gasteiger partial charge in [0.25, 0.3) is 0 Å². The Morgan fingerprint density at radius 2 is 1.96 bits per heavy atom. The molecule has 0 atom stereocenters. The first-order valence-corrected chi connectivity index (χ1v) is 8.13. The Morgan fingerprint density at radius 3 is 2.52 bits per heavy atom. The number of hydrogen-bond acceptors (Lipinski definition) is 5. The first-order valence-electron chi connectivity index (χ1n) is 7.75. The topological polar surface area (TPSA) is 72.5 Å². The summed E-state index contributed by atoms with van der Waals surface area (Å²) in [6, 6.07) is 7.13. The van der Waals surface area contributed by atoms with Gasteiger partial charge in [0.15, 0.2) is 0 Å². The van der Waals surface area contributed by atoms with E-state index in [9.17, 15) is 4.79 Å². The number of aromatic nitrogens is 1. The number of aryl methyl sites for hydroxylation is 1. The van der Waals surface area contributed by atoms with Crippen molar-refractivity contribution in [3.05, 3.63) is 41.0 Å². The summed E-state index contributed by atoms with van der Waals surface area (Å²) in [4.78, 5) is 15.9. The summed E-state index contributed by atoms with van der Waals surface area (Å²) < 4.78 is 10.5. The number of benzene rings is 1. The van der Waals surface area contributed by atoms with Gasteiger partial charge in [0.2, 0.25) is 0 Å². The molecule has 0 aliphatic heterocycles. The third-order valence-electron chi connectivity index (χ3n) is 3.15. The fraction of sp³-hybridized carbons (Fsp3) is 0.333. The van der Waals surface area contributed by atoms with Gasteiger partial charge in [-0.3, -0.25) is 5.32 Å². The lowest BCUT2D eigenvalue weighted by molar-refractivity contribution is 0.0635. The Morgan fingerprint density at radius 1 is 1.24 bits per heavy atom. The van der Waals surface area contributed by atoms with Crippen molar-refractivity contribution in [1.29, 1.82) is 0 Å². The number of ether oxygens (including phenoxy) is 2. The molecule has 1 aromatic heterocycles. The molecule has 0 aliphatic carbocycles. The van der Waals surface area contributed by atoms with Gasteiger partial charge in [0.05, 0.1) is 24.7 Å². The number of halogens is 1. The van der Waals surface area contributed by atoms with E-state index >= 15 is 0 Å². The molecule has 7 heteroatoms. The fourth-order valence-electron chi connectivity index (χ4n) is 2.04. The van der Waals surface area contributed by atoms with E-state index in [0.29, 0.717) is 16.6 Å². The summed E-state index contributed by atoms with van der Waals surface area (Å²) in [6.07, 6.45) is 1.06. The lowest BCUT2D eigenvalue weighted by Crippen LogP contribution is -2.27. The van der Waals surface area contributed by atoms with Crippen LogP contribution in [0.2, 0.25) is 5.02 Å². The Balaban J connectivity index is 2.08. The van der Waals surface area contributed by atoms with Crippen molar-refractivity contribution in [2.24, 2.45) is 0 Å². The molecule has 2 aromatic rings. The number of rotatable bonds is 4. The number of amides is 1. The van der Waals surface area contributed by atoms with Crippen molar-refractivity contribution >= 4 is 34.9 Å². The second kappa shape index (κ2) is 7.61. The Hall–Kier alpha value is -2.47. The fourth-order valence-corrected chi connectivity index (χ4v) is 2.19. The van der Waals surface area contributed by atoms with Gasteiger partial charge in [-0.1, -0.05) is 11.6 Å². The highest BCUT2D eigenvalue weighted by molar-refractivity contribution is 6.31. The molecule has 2 N–H and O–H groups in total. The van der Waals surface area contributed by atoms with Gasteiger partial charge in [-0.2, -0.15) is 0 Å². The van der Waals surface area contributed by atoms with Gasteiger partial charge in [-0.15, -0.1) is 0 Å². The largest absolute Gasteiger partial charge is 0.495 e. The molecular weight excluding hydrogens is 342 g/mol. The first kappa shape index (κ1) is 18.9. The zero-order valence-electron chi connectivity index (χ0n) is 14.9. The second-order valence-electron chi connectivity index (χ2n) is 6.49. The minimum atomic E-state index is -0.561. The maximum Gasteiger partial charge on any atom is 0.413 e. The van der Waals surface area contributed by atoms with Gasteiger partial charge in [-0.25, -0.2) is 9.78 Å². The second-order valence-corrected chi connectivity index (χ2v) is 6.89. The molecule has 0 unspecified atom stereocenters. The molecule has 2 rings (SSSR count). The molecule has 0 saturated heterocycles. The van der Waals surface area contributed by atoms with Crippen molar-refractivity contribution in [3.8, 4) is 5.75 Å². The molecule has 1 aromatic carbocycles.